The molecule has 1 saturated heterocycles. The summed E-state index contributed by atoms with van der Waals surface area (Å²) < 4.78 is 5.29. The van der Waals surface area contributed by atoms with E-state index in [2.05, 4.69) is 5.32 Å². The highest BCUT2D eigenvalue weighted by molar-refractivity contribution is 8.18. The van der Waals surface area contributed by atoms with Crippen molar-refractivity contribution in [1.82, 2.24) is 10.2 Å². The van der Waals surface area contributed by atoms with Gasteiger partial charge in [-0.2, -0.15) is 0 Å². The highest BCUT2D eigenvalue weighted by Gasteiger charge is 2.36. The molecule has 0 radical (unpaired) electrons. The summed E-state index contributed by atoms with van der Waals surface area (Å²) in [5, 5.41) is 9.94. The van der Waals surface area contributed by atoms with Gasteiger partial charge in [0.05, 0.1) is 4.91 Å². The Bertz CT molecular complexity index is 678. The van der Waals surface area contributed by atoms with Crippen molar-refractivity contribution in [2.75, 3.05) is 13.1 Å². The average Bonchev–Trinajstić information content (AvgIpc) is 2.96. The standard InChI is InChI=1S/C13H12N2O6S/c1-7-2-3-8(21-7)4-9-12(19)15(13(20)22-9)6-10(16)14-5-11(17)18/h2-4H,5-6H2,1H3,(H,14,16)(H,17,18)/b9-4-. The van der Waals surface area contributed by atoms with Gasteiger partial charge in [-0.05, 0) is 30.8 Å². The Kier molecular flexibility index (Phi) is 4.66. The number of aliphatic carboxylic acids is 1. The van der Waals surface area contributed by atoms with Gasteiger partial charge >= 0.3 is 5.97 Å². The first kappa shape index (κ1) is 15.8. The first-order chi connectivity index (χ1) is 10.4. The van der Waals surface area contributed by atoms with E-state index in [1.165, 1.54) is 6.08 Å². The van der Waals surface area contributed by atoms with E-state index in [1.54, 1.807) is 19.1 Å². The van der Waals surface area contributed by atoms with Crippen LogP contribution >= 0.6 is 11.8 Å². The fraction of sp³-hybridized carbons (Fsp3) is 0.231. The molecule has 1 fully saturated rings. The maximum Gasteiger partial charge on any atom is 0.322 e. The van der Waals surface area contributed by atoms with Crippen molar-refractivity contribution in [2.45, 2.75) is 6.92 Å². The minimum absolute atomic E-state index is 0.144. The van der Waals surface area contributed by atoms with Gasteiger partial charge in [0.15, 0.2) is 0 Å². The molecule has 8 nitrogen and oxygen atoms in total. The Morgan fingerprint density at radius 1 is 1.41 bits per heavy atom. The highest BCUT2D eigenvalue weighted by Crippen LogP contribution is 2.32. The molecule has 2 rings (SSSR count). The molecular formula is C13H12N2O6S. The maximum absolute atomic E-state index is 12.1. The summed E-state index contributed by atoms with van der Waals surface area (Å²) in [6.07, 6.45) is 1.42. The molecule has 0 bridgehead atoms. The average molecular weight is 324 g/mol. The number of amides is 3. The lowest BCUT2D eigenvalue weighted by molar-refractivity contribution is -0.138. The fourth-order valence-corrected chi connectivity index (χ4v) is 2.49. The largest absolute Gasteiger partial charge is 0.480 e. The first-order valence-corrected chi connectivity index (χ1v) is 6.99. The number of nitrogens with one attached hydrogen (secondary N) is 1. The highest BCUT2D eigenvalue weighted by atomic mass is 32.2. The Hall–Kier alpha value is -2.55. The molecule has 0 aliphatic carbocycles. The van der Waals surface area contributed by atoms with Gasteiger partial charge in [0.1, 0.15) is 24.6 Å². The predicted octanol–water partition coefficient (Wildman–Crippen LogP) is 0.825. The monoisotopic (exact) mass is 324 g/mol. The van der Waals surface area contributed by atoms with Gasteiger partial charge in [0.25, 0.3) is 11.1 Å². The quantitative estimate of drug-likeness (QED) is 0.770. The van der Waals surface area contributed by atoms with E-state index in [0.717, 1.165) is 4.90 Å². The van der Waals surface area contributed by atoms with Gasteiger partial charge in [-0.15, -0.1) is 0 Å². The van der Waals surface area contributed by atoms with E-state index in [0.29, 0.717) is 23.3 Å². The van der Waals surface area contributed by atoms with E-state index in [9.17, 15) is 19.2 Å². The zero-order valence-corrected chi connectivity index (χ0v) is 12.3. The summed E-state index contributed by atoms with van der Waals surface area (Å²) in [5.74, 6) is -1.46. The minimum atomic E-state index is -1.21. The Labute approximate surface area is 129 Å². The third-order valence-electron chi connectivity index (χ3n) is 2.65. The van der Waals surface area contributed by atoms with Crippen LogP contribution in [0.25, 0.3) is 6.08 Å². The van der Waals surface area contributed by atoms with Crippen molar-refractivity contribution in [3.8, 4) is 0 Å². The molecule has 2 heterocycles. The van der Waals surface area contributed by atoms with Crippen LogP contribution in [0, 0.1) is 6.92 Å². The second-order valence-corrected chi connectivity index (χ2v) is 5.38. The number of hydrogen-bond donors (Lipinski definition) is 2. The van der Waals surface area contributed by atoms with Crippen LogP contribution in [0.5, 0.6) is 0 Å². The zero-order valence-electron chi connectivity index (χ0n) is 11.5. The lowest BCUT2D eigenvalue weighted by Gasteiger charge is -2.11. The van der Waals surface area contributed by atoms with Crippen molar-refractivity contribution >= 4 is 40.9 Å². The van der Waals surface area contributed by atoms with Gasteiger partial charge in [0, 0.05) is 6.08 Å². The molecule has 116 valence electrons. The molecule has 3 amide bonds. The molecule has 0 atom stereocenters. The number of aryl methyl sites for hydroxylation is 1. The van der Waals surface area contributed by atoms with Gasteiger partial charge < -0.3 is 14.8 Å². The van der Waals surface area contributed by atoms with Crippen LogP contribution in [-0.2, 0) is 14.4 Å². The summed E-state index contributed by atoms with van der Waals surface area (Å²) in [6, 6.07) is 3.37. The number of carbonyl (C=O) groups is 4. The third kappa shape index (κ3) is 3.76. The molecule has 0 saturated carbocycles. The van der Waals surface area contributed by atoms with Crippen LogP contribution in [0.2, 0.25) is 0 Å². The summed E-state index contributed by atoms with van der Waals surface area (Å²) in [6.45, 7) is 0.652. The maximum atomic E-state index is 12.1. The zero-order chi connectivity index (χ0) is 16.3. The van der Waals surface area contributed by atoms with E-state index < -0.39 is 36.1 Å². The van der Waals surface area contributed by atoms with Gasteiger partial charge in [-0.3, -0.25) is 24.1 Å². The number of carboxylic acids is 1. The molecular weight excluding hydrogens is 312 g/mol. The van der Waals surface area contributed by atoms with Crippen LogP contribution in [0.1, 0.15) is 11.5 Å². The van der Waals surface area contributed by atoms with Crippen molar-refractivity contribution in [1.29, 1.82) is 0 Å². The summed E-state index contributed by atoms with van der Waals surface area (Å²) in [4.78, 5) is 46.6. The van der Waals surface area contributed by atoms with E-state index in [-0.39, 0.29) is 4.91 Å². The van der Waals surface area contributed by atoms with Crippen molar-refractivity contribution in [3.63, 3.8) is 0 Å². The van der Waals surface area contributed by atoms with Gasteiger partial charge in [0.2, 0.25) is 5.91 Å². The second-order valence-electron chi connectivity index (χ2n) is 4.39. The summed E-state index contributed by atoms with van der Waals surface area (Å²) in [7, 11) is 0. The number of hydrogen-bond acceptors (Lipinski definition) is 6. The molecule has 1 aliphatic rings. The SMILES string of the molecule is Cc1ccc(/C=C2\SC(=O)N(CC(=O)NCC(=O)O)C2=O)o1. The molecule has 1 aliphatic heterocycles. The fourth-order valence-electron chi connectivity index (χ4n) is 1.67. The van der Waals surface area contributed by atoms with Crippen LogP contribution in [-0.4, -0.2) is 46.1 Å². The number of nitrogens with zero attached hydrogens (tertiary/aromatic N) is 1. The van der Waals surface area contributed by atoms with Crippen molar-refractivity contribution in [2.24, 2.45) is 0 Å². The summed E-state index contributed by atoms with van der Waals surface area (Å²) >= 11 is 0.694. The smallest absolute Gasteiger partial charge is 0.322 e. The second kappa shape index (κ2) is 6.48. The molecule has 1 aromatic heterocycles. The lowest BCUT2D eigenvalue weighted by Crippen LogP contribution is -2.41. The number of furan rings is 1. The van der Waals surface area contributed by atoms with E-state index in [4.69, 9.17) is 9.52 Å². The number of thioether (sulfide) groups is 1. The number of imide groups is 1. The Morgan fingerprint density at radius 2 is 2.14 bits per heavy atom. The molecule has 0 unspecified atom stereocenters. The Balaban J connectivity index is 2.04. The van der Waals surface area contributed by atoms with Crippen LogP contribution in [0.4, 0.5) is 4.79 Å². The van der Waals surface area contributed by atoms with Crippen LogP contribution in [0.3, 0.4) is 0 Å². The summed E-state index contributed by atoms with van der Waals surface area (Å²) in [5.41, 5.74) is 0. The number of carboxylic acid groups (broad SMARTS) is 1. The predicted molar refractivity (Wildman–Crippen MR) is 76.8 cm³/mol. The lowest BCUT2D eigenvalue weighted by atomic mass is 10.3. The van der Waals surface area contributed by atoms with E-state index in [1.807, 2.05) is 0 Å². The molecule has 0 aromatic carbocycles. The molecule has 22 heavy (non-hydrogen) atoms. The van der Waals surface area contributed by atoms with Crippen molar-refractivity contribution < 1.29 is 28.7 Å². The third-order valence-corrected chi connectivity index (χ3v) is 3.55. The van der Waals surface area contributed by atoms with Crippen LogP contribution in [0.15, 0.2) is 21.5 Å². The molecule has 2 N–H and O–H groups in total. The van der Waals surface area contributed by atoms with E-state index >= 15 is 0 Å². The topological polar surface area (TPSA) is 117 Å². The number of carbonyl (C=O) groups excluding carboxylic acids is 3. The Morgan fingerprint density at radius 3 is 2.73 bits per heavy atom. The van der Waals surface area contributed by atoms with Crippen LogP contribution < -0.4 is 5.32 Å². The number of rotatable bonds is 5. The van der Waals surface area contributed by atoms with Gasteiger partial charge in [-0.25, -0.2) is 0 Å². The van der Waals surface area contributed by atoms with Crippen molar-refractivity contribution in [3.05, 3.63) is 28.6 Å². The normalized spacial score (nSPS) is 16.4. The molecule has 1 aromatic rings. The minimum Gasteiger partial charge on any atom is -0.480 e. The first-order valence-electron chi connectivity index (χ1n) is 6.17. The molecule has 9 heteroatoms. The molecule has 0 spiro atoms. The van der Waals surface area contributed by atoms with Gasteiger partial charge in [-0.1, -0.05) is 0 Å².